The molecule has 32 heavy (non-hydrogen) atoms. The van der Waals surface area contributed by atoms with E-state index in [2.05, 4.69) is 69.5 Å². The van der Waals surface area contributed by atoms with E-state index in [0.29, 0.717) is 23.9 Å². The Morgan fingerprint density at radius 2 is 1.69 bits per heavy atom. The van der Waals surface area contributed by atoms with Gasteiger partial charge in [0.15, 0.2) is 0 Å². The first kappa shape index (κ1) is 19.9. The Bertz CT molecular complexity index is 1330. The molecule has 0 radical (unpaired) electrons. The van der Waals surface area contributed by atoms with Gasteiger partial charge in [0.05, 0.1) is 11.4 Å². The van der Waals surface area contributed by atoms with Gasteiger partial charge in [0.1, 0.15) is 6.33 Å². The molecule has 6 nitrogen and oxygen atoms in total. The SMILES string of the molecule is Cn1c(N2CCC=C(c3ccccc3-c3ccccc3)C2)nc(-c2ccncn2)cc1=O. The highest BCUT2D eigenvalue weighted by Crippen LogP contribution is 2.32. The lowest BCUT2D eigenvalue weighted by atomic mass is 9.92. The quantitative estimate of drug-likeness (QED) is 0.494. The van der Waals surface area contributed by atoms with Gasteiger partial charge in [-0.1, -0.05) is 60.7 Å². The highest BCUT2D eigenvalue weighted by Gasteiger charge is 2.21. The Labute approximate surface area is 186 Å². The zero-order valence-electron chi connectivity index (χ0n) is 17.8. The molecule has 0 spiro atoms. The number of anilines is 1. The van der Waals surface area contributed by atoms with E-state index >= 15 is 0 Å². The van der Waals surface area contributed by atoms with Crippen LogP contribution in [0.15, 0.2) is 90.1 Å². The minimum atomic E-state index is -0.107. The van der Waals surface area contributed by atoms with E-state index in [9.17, 15) is 4.79 Å². The van der Waals surface area contributed by atoms with Crippen molar-refractivity contribution in [2.24, 2.45) is 7.05 Å². The van der Waals surface area contributed by atoms with Crippen molar-refractivity contribution in [2.45, 2.75) is 6.42 Å². The van der Waals surface area contributed by atoms with Crippen LogP contribution >= 0.6 is 0 Å². The number of nitrogens with zero attached hydrogens (tertiary/aromatic N) is 5. The molecule has 4 aromatic rings. The molecular weight excluding hydrogens is 398 g/mol. The maximum atomic E-state index is 12.7. The standard InChI is InChI=1S/C26H23N5O/c1-30-25(32)16-24(23-13-14-27-18-28-23)29-26(30)31-15-7-10-20(17-31)22-12-6-5-11-21(22)19-8-3-2-4-9-19/h2-6,8-14,16,18H,7,15,17H2,1H3. The van der Waals surface area contributed by atoms with Gasteiger partial charge in [0.2, 0.25) is 5.95 Å². The lowest BCUT2D eigenvalue weighted by molar-refractivity contribution is 0.726. The van der Waals surface area contributed by atoms with Gasteiger partial charge in [-0.3, -0.25) is 9.36 Å². The van der Waals surface area contributed by atoms with E-state index in [1.165, 1.54) is 34.7 Å². The molecule has 6 heteroatoms. The molecule has 0 saturated carbocycles. The van der Waals surface area contributed by atoms with E-state index in [0.717, 1.165) is 13.0 Å². The molecule has 2 aromatic heterocycles. The summed E-state index contributed by atoms with van der Waals surface area (Å²) in [6, 6.07) is 22.2. The van der Waals surface area contributed by atoms with Crippen LogP contribution in [0.25, 0.3) is 28.1 Å². The Balaban J connectivity index is 1.52. The molecule has 1 aliphatic rings. The summed E-state index contributed by atoms with van der Waals surface area (Å²) in [6.45, 7) is 1.47. The van der Waals surface area contributed by atoms with Gasteiger partial charge in [-0.05, 0) is 34.8 Å². The van der Waals surface area contributed by atoms with E-state index in [1.807, 2.05) is 6.07 Å². The molecule has 0 aliphatic carbocycles. The Morgan fingerprint density at radius 3 is 2.47 bits per heavy atom. The fourth-order valence-electron chi connectivity index (χ4n) is 4.13. The maximum Gasteiger partial charge on any atom is 0.255 e. The van der Waals surface area contributed by atoms with Gasteiger partial charge < -0.3 is 4.90 Å². The molecule has 0 unspecified atom stereocenters. The Kier molecular flexibility index (Phi) is 5.34. The third kappa shape index (κ3) is 3.83. The summed E-state index contributed by atoms with van der Waals surface area (Å²) in [5, 5.41) is 0. The first-order valence-corrected chi connectivity index (χ1v) is 10.6. The highest BCUT2D eigenvalue weighted by molar-refractivity contribution is 5.83. The van der Waals surface area contributed by atoms with Gasteiger partial charge in [-0.15, -0.1) is 0 Å². The molecule has 0 bridgehead atoms. The molecule has 0 N–H and O–H groups in total. The Hall–Kier alpha value is -4.06. The van der Waals surface area contributed by atoms with Crippen molar-refractivity contribution in [3.05, 3.63) is 101 Å². The van der Waals surface area contributed by atoms with Crippen molar-refractivity contribution in [3.63, 3.8) is 0 Å². The molecule has 5 rings (SSSR count). The second-order valence-electron chi connectivity index (χ2n) is 7.78. The summed E-state index contributed by atoms with van der Waals surface area (Å²) in [7, 11) is 1.77. The summed E-state index contributed by atoms with van der Waals surface area (Å²) in [5.74, 6) is 0.647. The third-order valence-corrected chi connectivity index (χ3v) is 5.75. The normalized spacial score (nSPS) is 13.7. The molecule has 3 heterocycles. The van der Waals surface area contributed by atoms with E-state index < -0.39 is 0 Å². The lowest BCUT2D eigenvalue weighted by Crippen LogP contribution is -2.35. The topological polar surface area (TPSA) is 63.9 Å². The molecule has 0 amide bonds. The largest absolute Gasteiger partial charge is 0.338 e. The monoisotopic (exact) mass is 421 g/mol. The van der Waals surface area contributed by atoms with Gasteiger partial charge >= 0.3 is 0 Å². The van der Waals surface area contributed by atoms with Crippen LogP contribution in [-0.2, 0) is 7.05 Å². The van der Waals surface area contributed by atoms with Crippen LogP contribution < -0.4 is 10.5 Å². The molecule has 158 valence electrons. The third-order valence-electron chi connectivity index (χ3n) is 5.75. The summed E-state index contributed by atoms with van der Waals surface area (Å²) >= 11 is 0. The predicted octanol–water partition coefficient (Wildman–Crippen LogP) is 4.20. The van der Waals surface area contributed by atoms with Gasteiger partial charge in [0.25, 0.3) is 5.56 Å². The lowest BCUT2D eigenvalue weighted by Gasteiger charge is -2.30. The first-order chi connectivity index (χ1) is 15.7. The molecule has 0 atom stereocenters. The second-order valence-corrected chi connectivity index (χ2v) is 7.78. The maximum absolute atomic E-state index is 12.7. The van der Waals surface area contributed by atoms with Crippen molar-refractivity contribution < 1.29 is 0 Å². The smallest absolute Gasteiger partial charge is 0.255 e. The van der Waals surface area contributed by atoms with Gasteiger partial charge in [-0.25, -0.2) is 15.0 Å². The van der Waals surface area contributed by atoms with Crippen molar-refractivity contribution in [3.8, 4) is 22.5 Å². The first-order valence-electron chi connectivity index (χ1n) is 10.6. The molecule has 0 saturated heterocycles. The second kappa shape index (κ2) is 8.59. The van der Waals surface area contributed by atoms with Crippen LogP contribution in [-0.4, -0.2) is 32.6 Å². The van der Waals surface area contributed by atoms with E-state index in [1.54, 1.807) is 23.9 Å². The molecule has 1 aliphatic heterocycles. The number of benzene rings is 2. The fraction of sp³-hybridized carbons (Fsp3) is 0.154. The van der Waals surface area contributed by atoms with Crippen molar-refractivity contribution in [1.29, 1.82) is 0 Å². The van der Waals surface area contributed by atoms with Crippen LogP contribution in [0.1, 0.15) is 12.0 Å². The average molecular weight is 422 g/mol. The van der Waals surface area contributed by atoms with Crippen molar-refractivity contribution >= 4 is 11.5 Å². The van der Waals surface area contributed by atoms with E-state index in [-0.39, 0.29) is 5.56 Å². The molecule has 0 fully saturated rings. The van der Waals surface area contributed by atoms with Crippen LogP contribution in [0.4, 0.5) is 5.95 Å². The zero-order chi connectivity index (χ0) is 21.9. The van der Waals surface area contributed by atoms with Crippen LogP contribution in [0.2, 0.25) is 0 Å². The van der Waals surface area contributed by atoms with Gasteiger partial charge in [-0.2, -0.15) is 0 Å². The minimum Gasteiger partial charge on any atom is -0.338 e. The highest BCUT2D eigenvalue weighted by atomic mass is 16.1. The number of rotatable bonds is 4. The van der Waals surface area contributed by atoms with Crippen LogP contribution in [0, 0.1) is 0 Å². The zero-order valence-corrected chi connectivity index (χ0v) is 17.8. The minimum absolute atomic E-state index is 0.107. The number of aromatic nitrogens is 4. The summed E-state index contributed by atoms with van der Waals surface area (Å²) in [5.41, 5.74) is 5.93. The van der Waals surface area contributed by atoms with E-state index in [4.69, 9.17) is 4.98 Å². The molecule has 2 aromatic carbocycles. The number of hydrogen-bond acceptors (Lipinski definition) is 5. The number of hydrogen-bond donors (Lipinski definition) is 0. The summed E-state index contributed by atoms with van der Waals surface area (Å²) < 4.78 is 1.61. The van der Waals surface area contributed by atoms with Crippen molar-refractivity contribution in [2.75, 3.05) is 18.0 Å². The molecular formula is C26H23N5O. The van der Waals surface area contributed by atoms with Crippen LogP contribution in [0.3, 0.4) is 0 Å². The summed E-state index contributed by atoms with van der Waals surface area (Å²) in [6.07, 6.45) is 6.30. The fourth-order valence-corrected chi connectivity index (χ4v) is 4.13. The Morgan fingerprint density at radius 1 is 0.906 bits per heavy atom. The average Bonchev–Trinajstić information content (AvgIpc) is 2.87. The van der Waals surface area contributed by atoms with Crippen molar-refractivity contribution in [1.82, 2.24) is 19.5 Å². The summed E-state index contributed by atoms with van der Waals surface area (Å²) in [4.78, 5) is 27.9. The van der Waals surface area contributed by atoms with Gasteiger partial charge in [0, 0.05) is 32.4 Å². The predicted molar refractivity (Wildman–Crippen MR) is 127 cm³/mol. The van der Waals surface area contributed by atoms with Crippen LogP contribution in [0.5, 0.6) is 0 Å².